The number of fused-ring (bicyclic) bond motifs is 7. The second-order valence-corrected chi connectivity index (χ2v) is 17.5. The molecule has 4 N–H and O–H groups in total. The molecule has 366 valence electrons. The molecule has 1 aromatic heterocycles. The summed E-state index contributed by atoms with van der Waals surface area (Å²) in [6.45, 7) is 5.59. The Hall–Kier alpha value is -6.74. The molecule has 4 heterocycles. The van der Waals surface area contributed by atoms with Crippen molar-refractivity contribution in [3.8, 4) is 0 Å². The van der Waals surface area contributed by atoms with Gasteiger partial charge in [-0.1, -0.05) is 30.4 Å². The zero-order valence-corrected chi connectivity index (χ0v) is 38.5. The molecule has 3 aliphatic heterocycles. The Bertz CT molecular complexity index is 2650. The molecule has 70 heavy (non-hydrogen) atoms. The number of rotatable bonds is 25. The fraction of sp³-hybridized carbons (Fsp3) is 0.412. The van der Waals surface area contributed by atoms with Gasteiger partial charge in [0.1, 0.15) is 6.04 Å². The smallest absolute Gasteiger partial charge is 0.264 e. The van der Waals surface area contributed by atoms with Crippen molar-refractivity contribution in [2.75, 3.05) is 94.7 Å². The summed E-state index contributed by atoms with van der Waals surface area (Å²) in [5.74, 6) is -3.14. The fourth-order valence-corrected chi connectivity index (χ4v) is 9.87. The van der Waals surface area contributed by atoms with Crippen LogP contribution in [0.15, 0.2) is 85.1 Å². The van der Waals surface area contributed by atoms with Gasteiger partial charge in [-0.25, -0.2) is 0 Å². The number of imide groups is 3. The van der Waals surface area contributed by atoms with Crippen LogP contribution in [0.4, 0.5) is 17.1 Å². The number of allylic oxidation sites excluding steroid dienone is 2. The second-order valence-electron chi connectivity index (χ2n) is 17.5. The number of carbonyl (C=O) groups is 7. The van der Waals surface area contributed by atoms with Gasteiger partial charge in [0, 0.05) is 48.9 Å². The SMILES string of the molecule is O=C1CCC(N2C(=O)c3cccc(NCCOCCOCCOCCOCCOCCNCc4ccnc5c(NC(=O)c6ccc(N7C(=O)[C@@H]8[C@H](C7=O)C7C=C[C@H]8C7)cc6)cccc45)c3C2=O)C(=O)N1. The van der Waals surface area contributed by atoms with E-state index in [-0.39, 0.29) is 65.4 Å². The number of aromatic nitrogens is 1. The summed E-state index contributed by atoms with van der Waals surface area (Å²) < 4.78 is 28.1. The van der Waals surface area contributed by atoms with Gasteiger partial charge in [-0.05, 0) is 78.8 Å². The summed E-state index contributed by atoms with van der Waals surface area (Å²) in [5, 5.41) is 12.6. The molecule has 1 saturated carbocycles. The zero-order chi connectivity index (χ0) is 48.6. The van der Waals surface area contributed by atoms with E-state index in [0.29, 0.717) is 114 Å². The minimum atomic E-state index is -1.02. The maximum atomic E-state index is 13.3. The number of nitrogens with zero attached hydrogens (tertiary/aromatic N) is 3. The minimum absolute atomic E-state index is 0.0557. The van der Waals surface area contributed by atoms with Crippen LogP contribution < -0.4 is 26.2 Å². The van der Waals surface area contributed by atoms with Crippen molar-refractivity contribution in [2.45, 2.75) is 31.8 Å². The molecule has 2 bridgehead atoms. The van der Waals surface area contributed by atoms with Gasteiger partial charge < -0.3 is 39.6 Å². The fourth-order valence-electron chi connectivity index (χ4n) is 9.87. The molecule has 9 rings (SSSR count). The third-order valence-corrected chi connectivity index (χ3v) is 13.2. The van der Waals surface area contributed by atoms with Crippen molar-refractivity contribution in [3.63, 3.8) is 0 Å². The average Bonchev–Trinajstić information content (AvgIpc) is 4.12. The highest BCUT2D eigenvalue weighted by atomic mass is 16.6. The van der Waals surface area contributed by atoms with Crippen molar-refractivity contribution in [1.29, 1.82) is 0 Å². The number of hydrogen-bond donors (Lipinski definition) is 4. The van der Waals surface area contributed by atoms with E-state index in [1.54, 1.807) is 54.7 Å². The molecule has 0 spiro atoms. The van der Waals surface area contributed by atoms with Gasteiger partial charge in [0.15, 0.2) is 0 Å². The highest BCUT2D eigenvalue weighted by molar-refractivity contribution is 6.26. The maximum absolute atomic E-state index is 13.3. The quantitative estimate of drug-likeness (QED) is 0.0423. The molecule has 2 aliphatic carbocycles. The first-order valence-electron chi connectivity index (χ1n) is 23.7. The van der Waals surface area contributed by atoms with Crippen LogP contribution in [0, 0.1) is 23.7 Å². The largest absolute Gasteiger partial charge is 0.382 e. The van der Waals surface area contributed by atoms with Gasteiger partial charge in [-0.2, -0.15) is 0 Å². The van der Waals surface area contributed by atoms with Crippen molar-refractivity contribution in [3.05, 3.63) is 107 Å². The van der Waals surface area contributed by atoms with E-state index in [0.717, 1.165) is 22.3 Å². The summed E-state index contributed by atoms with van der Waals surface area (Å²) in [7, 11) is 0. The number of para-hydroxylation sites is 1. The van der Waals surface area contributed by atoms with E-state index in [4.69, 9.17) is 23.7 Å². The number of piperidine rings is 1. The number of pyridine rings is 1. The van der Waals surface area contributed by atoms with Gasteiger partial charge in [0.05, 0.1) is 106 Å². The molecule has 4 aromatic rings. The lowest BCUT2D eigenvalue weighted by Crippen LogP contribution is -2.54. The molecule has 2 saturated heterocycles. The monoisotopic (exact) mass is 957 g/mol. The van der Waals surface area contributed by atoms with Crippen molar-refractivity contribution < 1.29 is 57.2 Å². The predicted octanol–water partition coefficient (Wildman–Crippen LogP) is 3.48. The maximum Gasteiger partial charge on any atom is 0.264 e. The van der Waals surface area contributed by atoms with Crippen LogP contribution in [0.1, 0.15) is 55.9 Å². The number of hydrogen-bond acceptors (Lipinski definition) is 15. The number of carbonyl (C=O) groups excluding carboxylic acids is 7. The van der Waals surface area contributed by atoms with Crippen LogP contribution in [0.5, 0.6) is 0 Å². The molecule has 19 heteroatoms. The molecule has 3 aromatic carbocycles. The first kappa shape index (κ1) is 48.3. The van der Waals surface area contributed by atoms with Crippen LogP contribution in [-0.2, 0) is 49.4 Å². The molecular formula is C51H55N7O12. The lowest BCUT2D eigenvalue weighted by atomic mass is 9.85. The van der Waals surface area contributed by atoms with Gasteiger partial charge >= 0.3 is 0 Å². The standard InChI is InChI=1S/C51H55N7O12/c59-41-14-13-40(47(61)56-41)58-48(62)37-4-2-5-38(44(37)51(58)65)53-18-20-67-22-24-69-26-28-70-27-25-68-23-21-66-19-17-52-30-34-15-16-54-45-36(34)3-1-6-39(45)55-46(60)31-9-11-35(12-10-31)57-49(63)42-32-7-8-33(29-32)43(42)50(57)64/h1-12,15-16,32-33,40,42-43,52-53H,13-14,17-30H2,(H,55,60)(H,56,59,61)/t32-,33?,40?,42-,43+/m0/s1. The minimum Gasteiger partial charge on any atom is -0.382 e. The summed E-state index contributed by atoms with van der Waals surface area (Å²) >= 11 is 0. The van der Waals surface area contributed by atoms with Crippen molar-refractivity contribution in [2.24, 2.45) is 23.7 Å². The molecule has 7 amide bonds. The van der Waals surface area contributed by atoms with Crippen LogP contribution in [0.25, 0.3) is 10.9 Å². The molecule has 5 atom stereocenters. The second kappa shape index (κ2) is 22.3. The van der Waals surface area contributed by atoms with Crippen molar-refractivity contribution in [1.82, 2.24) is 20.5 Å². The van der Waals surface area contributed by atoms with E-state index < -0.39 is 29.7 Å². The average molecular weight is 958 g/mol. The number of benzene rings is 3. The highest BCUT2D eigenvalue weighted by Crippen LogP contribution is 2.53. The Labute approximate surface area is 403 Å². The molecule has 3 fully saturated rings. The van der Waals surface area contributed by atoms with E-state index >= 15 is 0 Å². The lowest BCUT2D eigenvalue weighted by molar-refractivity contribution is -0.136. The first-order valence-corrected chi connectivity index (χ1v) is 23.7. The Morgan fingerprint density at radius 1 is 0.686 bits per heavy atom. The summed E-state index contributed by atoms with van der Waals surface area (Å²) in [6.07, 6.45) is 6.87. The third-order valence-electron chi connectivity index (χ3n) is 13.2. The summed E-state index contributed by atoms with van der Waals surface area (Å²) in [6, 6.07) is 18.0. The number of nitrogens with one attached hydrogen (secondary N) is 4. The first-order chi connectivity index (χ1) is 34.2. The Morgan fingerprint density at radius 3 is 1.96 bits per heavy atom. The normalized spacial score (nSPS) is 21.3. The molecular weight excluding hydrogens is 903 g/mol. The predicted molar refractivity (Wildman–Crippen MR) is 254 cm³/mol. The third kappa shape index (κ3) is 10.4. The number of ether oxygens (including phenoxy) is 5. The van der Waals surface area contributed by atoms with E-state index in [2.05, 4.69) is 38.4 Å². The topological polar surface area (TPSA) is 233 Å². The van der Waals surface area contributed by atoms with Crippen LogP contribution >= 0.6 is 0 Å². The Balaban J connectivity index is 0.584. The van der Waals surface area contributed by atoms with E-state index in [9.17, 15) is 33.6 Å². The van der Waals surface area contributed by atoms with Crippen LogP contribution in [0.3, 0.4) is 0 Å². The van der Waals surface area contributed by atoms with Crippen molar-refractivity contribution >= 4 is 69.3 Å². The number of amides is 7. The number of anilines is 3. The summed E-state index contributed by atoms with van der Waals surface area (Å²) in [5.41, 5.74) is 4.00. The van der Waals surface area contributed by atoms with Gasteiger partial charge in [-0.3, -0.25) is 53.7 Å². The van der Waals surface area contributed by atoms with Crippen LogP contribution in [0.2, 0.25) is 0 Å². The highest BCUT2D eigenvalue weighted by Gasteiger charge is 2.59. The van der Waals surface area contributed by atoms with Gasteiger partial charge in [-0.15, -0.1) is 0 Å². The van der Waals surface area contributed by atoms with Gasteiger partial charge in [0.25, 0.3) is 17.7 Å². The molecule has 2 unspecified atom stereocenters. The van der Waals surface area contributed by atoms with Crippen LogP contribution in [-0.4, -0.2) is 136 Å². The molecule has 0 radical (unpaired) electrons. The zero-order valence-electron chi connectivity index (χ0n) is 38.5. The van der Waals surface area contributed by atoms with Gasteiger partial charge in [0.2, 0.25) is 23.6 Å². The molecule has 5 aliphatic rings. The Morgan fingerprint density at radius 2 is 1.30 bits per heavy atom. The summed E-state index contributed by atoms with van der Waals surface area (Å²) in [4.78, 5) is 96.8. The Kier molecular flexibility index (Phi) is 15.4. The van der Waals surface area contributed by atoms with E-state index in [1.807, 2.05) is 18.2 Å². The van der Waals surface area contributed by atoms with E-state index in [1.165, 1.54) is 4.90 Å². The molecule has 19 nitrogen and oxygen atoms in total. The lowest BCUT2D eigenvalue weighted by Gasteiger charge is -2.27.